The van der Waals surface area contributed by atoms with Crippen LogP contribution in [0.15, 0.2) is 48.8 Å². The normalized spacial score (nSPS) is 11.2. The van der Waals surface area contributed by atoms with Crippen molar-refractivity contribution in [3.63, 3.8) is 0 Å². The van der Waals surface area contributed by atoms with Crippen LogP contribution >= 0.6 is 23.2 Å². The average molecular weight is 428 g/mol. The summed E-state index contributed by atoms with van der Waals surface area (Å²) in [5.41, 5.74) is 8.93. The van der Waals surface area contributed by atoms with Crippen LogP contribution in [0.4, 0.5) is 5.82 Å². The van der Waals surface area contributed by atoms with Crippen molar-refractivity contribution in [2.75, 3.05) is 12.3 Å². The minimum absolute atomic E-state index is 0.265. The summed E-state index contributed by atoms with van der Waals surface area (Å²) in [7, 11) is 0. The molecule has 0 fully saturated rings. The van der Waals surface area contributed by atoms with E-state index in [0.717, 1.165) is 35.8 Å². The number of aryl methyl sites for hydroxylation is 1. The number of aromatic nitrogens is 3. The molecular formula is C21H19Cl2N5O. The fourth-order valence-corrected chi connectivity index (χ4v) is 3.96. The Bertz CT molecular complexity index is 1180. The lowest BCUT2D eigenvalue weighted by molar-refractivity contribution is 0.0953. The lowest BCUT2D eigenvalue weighted by atomic mass is 10.2. The standard InChI is InChI=1S/C21H19Cl2N5O/c22-14-7-5-8-15(23)17(14)21(29)25-10-3-4-11-28-12-26-18-19(28)13-6-1-2-9-16(13)27-20(18)24/h1-2,5-9,12H,3-4,10-11H2,(H2,24,27)(H,25,29). The SMILES string of the molecule is Nc1nc2ccccc2c2c1ncn2CCCCNC(=O)c1c(Cl)cccc1Cl. The first-order valence-electron chi connectivity index (χ1n) is 9.27. The van der Waals surface area contributed by atoms with Crippen molar-refractivity contribution in [3.8, 4) is 0 Å². The van der Waals surface area contributed by atoms with E-state index < -0.39 is 0 Å². The molecule has 0 spiro atoms. The molecule has 0 atom stereocenters. The van der Waals surface area contributed by atoms with Crippen LogP contribution < -0.4 is 11.1 Å². The molecule has 6 nitrogen and oxygen atoms in total. The minimum atomic E-state index is -0.265. The molecule has 0 saturated heterocycles. The van der Waals surface area contributed by atoms with E-state index in [9.17, 15) is 4.79 Å². The number of nitrogens with two attached hydrogens (primary N) is 1. The summed E-state index contributed by atoms with van der Waals surface area (Å²) in [6.07, 6.45) is 3.45. The molecule has 2 heterocycles. The lowest BCUT2D eigenvalue weighted by Crippen LogP contribution is -2.25. The second-order valence-electron chi connectivity index (χ2n) is 6.71. The third-order valence-electron chi connectivity index (χ3n) is 4.78. The zero-order valence-corrected chi connectivity index (χ0v) is 17.0. The van der Waals surface area contributed by atoms with Crippen molar-refractivity contribution in [2.45, 2.75) is 19.4 Å². The van der Waals surface area contributed by atoms with Crippen molar-refractivity contribution in [1.82, 2.24) is 19.9 Å². The number of halogens is 2. The van der Waals surface area contributed by atoms with Crippen LogP contribution in [0.5, 0.6) is 0 Å². The fourth-order valence-electron chi connectivity index (χ4n) is 3.39. The third-order valence-corrected chi connectivity index (χ3v) is 5.41. The van der Waals surface area contributed by atoms with Gasteiger partial charge in [0.1, 0.15) is 5.52 Å². The van der Waals surface area contributed by atoms with Gasteiger partial charge in [0.2, 0.25) is 0 Å². The summed E-state index contributed by atoms with van der Waals surface area (Å²) in [5, 5.41) is 4.59. The molecule has 4 aromatic rings. The molecule has 4 rings (SSSR count). The van der Waals surface area contributed by atoms with Gasteiger partial charge in [-0.3, -0.25) is 4.79 Å². The Hall–Kier alpha value is -2.83. The fraction of sp³-hybridized carbons (Fsp3) is 0.190. The number of unbranched alkanes of at least 4 members (excludes halogenated alkanes) is 1. The largest absolute Gasteiger partial charge is 0.382 e. The van der Waals surface area contributed by atoms with Gasteiger partial charge in [-0.05, 0) is 31.0 Å². The lowest BCUT2D eigenvalue weighted by Gasteiger charge is -2.10. The number of benzene rings is 2. The van der Waals surface area contributed by atoms with Crippen molar-refractivity contribution >= 4 is 56.9 Å². The molecule has 1 amide bonds. The number of amides is 1. The van der Waals surface area contributed by atoms with Crippen molar-refractivity contribution in [3.05, 3.63) is 64.4 Å². The van der Waals surface area contributed by atoms with Crippen LogP contribution in [0.3, 0.4) is 0 Å². The van der Waals surface area contributed by atoms with Crippen molar-refractivity contribution < 1.29 is 4.79 Å². The van der Waals surface area contributed by atoms with E-state index in [1.807, 2.05) is 24.3 Å². The number of nitrogens with zero attached hydrogens (tertiary/aromatic N) is 3. The Morgan fingerprint density at radius 3 is 2.62 bits per heavy atom. The van der Waals surface area contributed by atoms with E-state index in [-0.39, 0.29) is 5.91 Å². The third kappa shape index (κ3) is 3.86. The topological polar surface area (TPSA) is 85.8 Å². The maximum absolute atomic E-state index is 12.3. The predicted molar refractivity (Wildman–Crippen MR) is 117 cm³/mol. The number of nitrogens with one attached hydrogen (secondary N) is 1. The van der Waals surface area contributed by atoms with E-state index in [4.69, 9.17) is 28.9 Å². The summed E-state index contributed by atoms with van der Waals surface area (Å²) < 4.78 is 2.09. The minimum Gasteiger partial charge on any atom is -0.382 e. The van der Waals surface area contributed by atoms with E-state index in [1.165, 1.54) is 0 Å². The van der Waals surface area contributed by atoms with Crippen molar-refractivity contribution in [1.29, 1.82) is 0 Å². The van der Waals surface area contributed by atoms with Crippen LogP contribution in [0.25, 0.3) is 21.9 Å². The number of carbonyl (C=O) groups is 1. The highest BCUT2D eigenvalue weighted by molar-refractivity contribution is 6.39. The molecule has 0 bridgehead atoms. The van der Waals surface area contributed by atoms with Crippen LogP contribution in [0.2, 0.25) is 10.0 Å². The summed E-state index contributed by atoms with van der Waals surface area (Å²) in [5.74, 6) is 0.167. The highest BCUT2D eigenvalue weighted by atomic mass is 35.5. The highest BCUT2D eigenvalue weighted by Crippen LogP contribution is 2.27. The number of hydrogen-bond donors (Lipinski definition) is 2. The smallest absolute Gasteiger partial charge is 0.254 e. The maximum atomic E-state index is 12.3. The molecule has 148 valence electrons. The number of carbonyl (C=O) groups excluding carboxylic acids is 1. The summed E-state index contributed by atoms with van der Waals surface area (Å²) in [6, 6.07) is 12.9. The number of rotatable bonds is 6. The number of anilines is 1. The van der Waals surface area contributed by atoms with Crippen LogP contribution in [0, 0.1) is 0 Å². The number of fused-ring (bicyclic) bond motifs is 3. The van der Waals surface area contributed by atoms with Gasteiger partial charge in [-0.25, -0.2) is 9.97 Å². The second-order valence-corrected chi connectivity index (χ2v) is 7.52. The number of pyridine rings is 1. The van der Waals surface area contributed by atoms with Crippen LogP contribution in [-0.2, 0) is 6.54 Å². The monoisotopic (exact) mass is 427 g/mol. The Morgan fingerprint density at radius 1 is 1.07 bits per heavy atom. The Balaban J connectivity index is 1.40. The quantitative estimate of drug-likeness (QED) is 0.437. The molecule has 8 heteroatoms. The van der Waals surface area contributed by atoms with Gasteiger partial charge in [0, 0.05) is 18.5 Å². The van der Waals surface area contributed by atoms with Crippen molar-refractivity contribution in [2.24, 2.45) is 0 Å². The second kappa shape index (κ2) is 8.27. The number of hydrogen-bond acceptors (Lipinski definition) is 4. The van der Waals surface area contributed by atoms with E-state index in [0.29, 0.717) is 33.5 Å². The average Bonchev–Trinajstić information content (AvgIpc) is 3.13. The molecule has 29 heavy (non-hydrogen) atoms. The van der Waals surface area contributed by atoms with Gasteiger partial charge in [0.05, 0.1) is 33.0 Å². The molecule has 0 radical (unpaired) electrons. The number of nitrogen functional groups attached to an aromatic ring is 1. The van der Waals surface area contributed by atoms with Gasteiger partial charge >= 0.3 is 0 Å². The summed E-state index contributed by atoms with van der Waals surface area (Å²) in [6.45, 7) is 1.28. The molecular weight excluding hydrogens is 409 g/mol. The van der Waals surface area contributed by atoms with E-state index in [2.05, 4.69) is 19.9 Å². The molecule has 0 aliphatic carbocycles. The zero-order chi connectivity index (χ0) is 20.4. The van der Waals surface area contributed by atoms with E-state index in [1.54, 1.807) is 24.5 Å². The van der Waals surface area contributed by atoms with E-state index >= 15 is 0 Å². The Kier molecular flexibility index (Phi) is 5.56. The molecule has 3 N–H and O–H groups in total. The van der Waals surface area contributed by atoms with Gasteiger partial charge in [0.25, 0.3) is 5.91 Å². The number of imidazole rings is 1. The summed E-state index contributed by atoms with van der Waals surface area (Å²) >= 11 is 12.2. The Labute approximate surface area is 177 Å². The predicted octanol–water partition coefficient (Wildman–Crippen LogP) is 4.68. The van der Waals surface area contributed by atoms with Gasteiger partial charge in [-0.15, -0.1) is 0 Å². The molecule has 2 aromatic carbocycles. The first-order valence-corrected chi connectivity index (χ1v) is 10.0. The first kappa shape index (κ1) is 19.5. The van der Waals surface area contributed by atoms with Gasteiger partial charge in [-0.2, -0.15) is 0 Å². The molecule has 0 aliphatic heterocycles. The molecule has 0 saturated carbocycles. The molecule has 0 aliphatic rings. The highest BCUT2D eigenvalue weighted by Gasteiger charge is 2.14. The Morgan fingerprint density at radius 2 is 1.83 bits per heavy atom. The zero-order valence-electron chi connectivity index (χ0n) is 15.5. The summed E-state index contributed by atoms with van der Waals surface area (Å²) in [4.78, 5) is 21.2. The maximum Gasteiger partial charge on any atom is 0.254 e. The molecule has 2 aromatic heterocycles. The van der Waals surface area contributed by atoms with Crippen LogP contribution in [-0.4, -0.2) is 27.0 Å². The van der Waals surface area contributed by atoms with Crippen LogP contribution in [0.1, 0.15) is 23.2 Å². The van der Waals surface area contributed by atoms with Gasteiger partial charge in [0.15, 0.2) is 5.82 Å². The molecule has 0 unspecified atom stereocenters. The van der Waals surface area contributed by atoms with Gasteiger partial charge in [-0.1, -0.05) is 47.5 Å². The van der Waals surface area contributed by atoms with Gasteiger partial charge < -0.3 is 15.6 Å². The first-order chi connectivity index (χ1) is 14.1. The number of para-hydroxylation sites is 1.